The smallest absolute Gasteiger partial charge is 0.0547 e. The first-order valence-electron chi connectivity index (χ1n) is 8.15. The predicted octanol–water partition coefficient (Wildman–Crippen LogP) is 7.27. The van der Waals surface area contributed by atoms with Crippen molar-refractivity contribution in [2.24, 2.45) is 0 Å². The van der Waals surface area contributed by atoms with E-state index >= 15 is 0 Å². The summed E-state index contributed by atoms with van der Waals surface area (Å²) in [7, 11) is 0. The van der Waals surface area contributed by atoms with Crippen LogP contribution >= 0.6 is 27.3 Å². The number of hydrogen-bond donors (Lipinski definition) is 0. The molecule has 5 rings (SSSR count). The van der Waals surface area contributed by atoms with Crippen LogP contribution in [0.5, 0.6) is 0 Å². The number of para-hydroxylation sites is 1. The van der Waals surface area contributed by atoms with Crippen molar-refractivity contribution in [1.29, 1.82) is 0 Å². The van der Waals surface area contributed by atoms with Gasteiger partial charge < -0.3 is 4.57 Å². The third-order valence-corrected chi connectivity index (χ3v) is 5.95. The Balaban J connectivity index is 1.99. The monoisotopic (exact) mass is 403 g/mol. The molecule has 0 N–H and O–H groups in total. The molecule has 0 unspecified atom stereocenters. The lowest BCUT2D eigenvalue weighted by Crippen LogP contribution is -1.92. The Morgan fingerprint density at radius 3 is 2.44 bits per heavy atom. The second kappa shape index (κ2) is 5.87. The molecule has 0 saturated heterocycles. The molecule has 0 spiro atoms. The lowest BCUT2D eigenvalue weighted by atomic mass is 10.1. The van der Waals surface area contributed by atoms with Crippen molar-refractivity contribution in [2.45, 2.75) is 0 Å². The van der Waals surface area contributed by atoms with Gasteiger partial charge in [-0.1, -0.05) is 52.3 Å². The molecule has 0 aliphatic carbocycles. The third kappa shape index (κ3) is 2.35. The van der Waals surface area contributed by atoms with Gasteiger partial charge in [-0.15, -0.1) is 11.3 Å². The zero-order chi connectivity index (χ0) is 16.8. The molecule has 0 radical (unpaired) electrons. The van der Waals surface area contributed by atoms with Crippen LogP contribution in [0.1, 0.15) is 0 Å². The molecule has 25 heavy (non-hydrogen) atoms. The number of halogens is 1. The first kappa shape index (κ1) is 14.9. The van der Waals surface area contributed by atoms with Gasteiger partial charge in [0.15, 0.2) is 0 Å². The minimum Gasteiger partial charge on any atom is -0.309 e. The highest BCUT2D eigenvalue weighted by Crippen LogP contribution is 2.40. The minimum atomic E-state index is 1.10. The van der Waals surface area contributed by atoms with E-state index < -0.39 is 0 Å². The van der Waals surface area contributed by atoms with Gasteiger partial charge in [-0.3, -0.25) is 0 Å². The normalized spacial score (nSPS) is 11.4. The van der Waals surface area contributed by atoms with Crippen LogP contribution in [0.25, 0.3) is 37.9 Å². The van der Waals surface area contributed by atoms with E-state index in [-0.39, 0.29) is 0 Å². The predicted molar refractivity (Wildman–Crippen MR) is 112 cm³/mol. The van der Waals surface area contributed by atoms with E-state index in [0.29, 0.717) is 0 Å². The van der Waals surface area contributed by atoms with Crippen LogP contribution < -0.4 is 0 Å². The largest absolute Gasteiger partial charge is 0.309 e. The Bertz CT molecular complexity index is 1190. The summed E-state index contributed by atoms with van der Waals surface area (Å²) in [6, 6.07) is 28.0. The molecule has 5 aromatic rings. The van der Waals surface area contributed by atoms with Gasteiger partial charge >= 0.3 is 0 Å². The first-order valence-corrected chi connectivity index (χ1v) is 9.82. The SMILES string of the molecule is Brc1ccc2c(c1)c1c(-c3cccs3)cccc1n2-c1ccccc1. The van der Waals surface area contributed by atoms with Crippen molar-refractivity contribution in [1.82, 2.24) is 4.57 Å². The van der Waals surface area contributed by atoms with Gasteiger partial charge in [0.25, 0.3) is 0 Å². The summed E-state index contributed by atoms with van der Waals surface area (Å²) in [5, 5.41) is 4.72. The van der Waals surface area contributed by atoms with Crippen molar-refractivity contribution in [2.75, 3.05) is 0 Å². The molecule has 2 heterocycles. The fourth-order valence-corrected chi connectivity index (χ4v) is 4.65. The summed E-state index contributed by atoms with van der Waals surface area (Å²) in [5.74, 6) is 0. The number of thiophene rings is 1. The van der Waals surface area contributed by atoms with Crippen molar-refractivity contribution in [3.8, 4) is 16.1 Å². The van der Waals surface area contributed by atoms with Crippen LogP contribution in [-0.4, -0.2) is 4.57 Å². The van der Waals surface area contributed by atoms with E-state index in [1.807, 2.05) is 0 Å². The molecule has 120 valence electrons. The highest BCUT2D eigenvalue weighted by atomic mass is 79.9. The molecule has 0 fully saturated rings. The van der Waals surface area contributed by atoms with E-state index in [0.717, 1.165) is 4.47 Å². The molecular weight excluding hydrogens is 390 g/mol. The molecule has 0 aliphatic heterocycles. The topological polar surface area (TPSA) is 4.93 Å². The van der Waals surface area contributed by atoms with Crippen molar-refractivity contribution in [3.63, 3.8) is 0 Å². The van der Waals surface area contributed by atoms with Crippen LogP contribution in [0, 0.1) is 0 Å². The number of rotatable bonds is 2. The van der Waals surface area contributed by atoms with Crippen LogP contribution in [0.3, 0.4) is 0 Å². The maximum atomic E-state index is 3.65. The Hall–Kier alpha value is -2.36. The first-order chi connectivity index (χ1) is 12.3. The summed E-state index contributed by atoms with van der Waals surface area (Å²) in [6.07, 6.45) is 0. The molecule has 0 amide bonds. The summed E-state index contributed by atoms with van der Waals surface area (Å²) >= 11 is 5.44. The van der Waals surface area contributed by atoms with Crippen LogP contribution in [0.2, 0.25) is 0 Å². The molecule has 3 aromatic carbocycles. The van der Waals surface area contributed by atoms with Crippen LogP contribution in [0.15, 0.2) is 88.7 Å². The van der Waals surface area contributed by atoms with Crippen molar-refractivity contribution >= 4 is 49.1 Å². The Morgan fingerprint density at radius 2 is 1.64 bits per heavy atom. The van der Waals surface area contributed by atoms with Gasteiger partial charge in [0.1, 0.15) is 0 Å². The Morgan fingerprint density at radius 1 is 0.760 bits per heavy atom. The number of benzene rings is 3. The molecule has 3 heteroatoms. The van der Waals surface area contributed by atoms with Crippen molar-refractivity contribution in [3.05, 3.63) is 88.7 Å². The van der Waals surface area contributed by atoms with E-state index in [1.165, 1.54) is 37.9 Å². The average Bonchev–Trinajstić information content (AvgIpc) is 3.28. The van der Waals surface area contributed by atoms with Crippen LogP contribution in [0.4, 0.5) is 0 Å². The molecule has 1 nitrogen and oxygen atoms in total. The zero-order valence-corrected chi connectivity index (χ0v) is 15.7. The fourth-order valence-electron chi connectivity index (χ4n) is 3.54. The Labute approximate surface area is 158 Å². The summed E-state index contributed by atoms with van der Waals surface area (Å²) < 4.78 is 3.46. The summed E-state index contributed by atoms with van der Waals surface area (Å²) in [4.78, 5) is 1.30. The number of hydrogen-bond acceptors (Lipinski definition) is 1. The van der Waals surface area contributed by atoms with E-state index in [9.17, 15) is 0 Å². The number of nitrogens with zero attached hydrogens (tertiary/aromatic N) is 1. The fraction of sp³-hybridized carbons (Fsp3) is 0. The average molecular weight is 404 g/mol. The summed E-state index contributed by atoms with van der Waals surface area (Å²) in [6.45, 7) is 0. The van der Waals surface area contributed by atoms with E-state index in [4.69, 9.17) is 0 Å². The summed E-state index contributed by atoms with van der Waals surface area (Å²) in [5.41, 5.74) is 4.96. The van der Waals surface area contributed by atoms with Crippen LogP contribution in [-0.2, 0) is 0 Å². The van der Waals surface area contributed by atoms with Crippen molar-refractivity contribution < 1.29 is 0 Å². The quantitative estimate of drug-likeness (QED) is 0.291. The van der Waals surface area contributed by atoms with Gasteiger partial charge in [-0.05, 0) is 47.8 Å². The lowest BCUT2D eigenvalue weighted by Gasteiger charge is -2.08. The third-order valence-electron chi connectivity index (χ3n) is 4.55. The zero-order valence-electron chi connectivity index (χ0n) is 13.3. The van der Waals surface area contributed by atoms with Gasteiger partial charge in [0.05, 0.1) is 11.0 Å². The van der Waals surface area contributed by atoms with Gasteiger partial charge in [0, 0.05) is 31.4 Å². The number of fused-ring (bicyclic) bond motifs is 3. The highest BCUT2D eigenvalue weighted by Gasteiger charge is 2.16. The second-order valence-corrected chi connectivity index (χ2v) is 7.87. The molecular formula is C22H14BrNS. The van der Waals surface area contributed by atoms with Gasteiger partial charge in [-0.2, -0.15) is 0 Å². The minimum absolute atomic E-state index is 1.10. The number of aromatic nitrogens is 1. The molecule has 0 bridgehead atoms. The molecule has 0 saturated carbocycles. The van der Waals surface area contributed by atoms with E-state index in [1.54, 1.807) is 11.3 Å². The molecule has 2 aromatic heterocycles. The van der Waals surface area contributed by atoms with Gasteiger partial charge in [-0.25, -0.2) is 0 Å². The Kier molecular flexibility index (Phi) is 3.51. The maximum absolute atomic E-state index is 3.65. The standard InChI is InChI=1S/C22H14BrNS/c23-15-11-12-19-18(14-15)22-17(21-10-5-13-25-21)8-4-9-20(22)24(19)16-6-2-1-3-7-16/h1-14H. The highest BCUT2D eigenvalue weighted by molar-refractivity contribution is 9.10. The van der Waals surface area contributed by atoms with E-state index in [2.05, 4.69) is 105 Å². The molecule has 0 aliphatic rings. The van der Waals surface area contributed by atoms with Gasteiger partial charge in [0.2, 0.25) is 0 Å². The maximum Gasteiger partial charge on any atom is 0.0547 e. The lowest BCUT2D eigenvalue weighted by molar-refractivity contribution is 1.18. The second-order valence-electron chi connectivity index (χ2n) is 6.01. The molecule has 0 atom stereocenters.